The van der Waals surface area contributed by atoms with Crippen LogP contribution in [0.2, 0.25) is 0 Å². The Morgan fingerprint density at radius 2 is 1.69 bits per heavy atom. The standard InChI is InChI=1S/C17H28N4O5/c1-25-16(23)14-12-20(17(24)19-8-10-26-11-9-19)6-7-21(14)15(22)13-2-4-18-5-3-13/h13-14,18H,2-12H2,1H3. The summed E-state index contributed by atoms with van der Waals surface area (Å²) < 4.78 is 10.2. The van der Waals surface area contributed by atoms with E-state index < -0.39 is 12.0 Å². The highest BCUT2D eigenvalue weighted by molar-refractivity contribution is 5.87. The molecule has 3 aliphatic heterocycles. The van der Waals surface area contributed by atoms with Crippen LogP contribution in [0.3, 0.4) is 0 Å². The fourth-order valence-electron chi connectivity index (χ4n) is 3.82. The van der Waals surface area contributed by atoms with Crippen molar-refractivity contribution < 1.29 is 23.9 Å². The van der Waals surface area contributed by atoms with Gasteiger partial charge in [-0.05, 0) is 25.9 Å². The van der Waals surface area contributed by atoms with Gasteiger partial charge in [-0.1, -0.05) is 0 Å². The Labute approximate surface area is 153 Å². The van der Waals surface area contributed by atoms with Gasteiger partial charge in [0.2, 0.25) is 5.91 Å². The normalized spacial score (nSPS) is 25.1. The van der Waals surface area contributed by atoms with Gasteiger partial charge >= 0.3 is 12.0 Å². The molecule has 0 aliphatic carbocycles. The Bertz CT molecular complexity index is 531. The molecule has 0 aromatic rings. The first kappa shape index (κ1) is 18.9. The van der Waals surface area contributed by atoms with Gasteiger partial charge in [0.15, 0.2) is 0 Å². The van der Waals surface area contributed by atoms with Gasteiger partial charge in [0, 0.05) is 32.1 Å². The number of ether oxygens (including phenoxy) is 2. The minimum absolute atomic E-state index is 0.000344. The molecule has 3 amide bonds. The molecular weight excluding hydrogens is 340 g/mol. The Hall–Kier alpha value is -1.87. The Morgan fingerprint density at radius 1 is 1.00 bits per heavy atom. The van der Waals surface area contributed by atoms with Crippen LogP contribution >= 0.6 is 0 Å². The van der Waals surface area contributed by atoms with Gasteiger partial charge in [0.1, 0.15) is 6.04 Å². The van der Waals surface area contributed by atoms with Gasteiger partial charge in [0.05, 0.1) is 26.9 Å². The monoisotopic (exact) mass is 368 g/mol. The number of piperazine rings is 1. The summed E-state index contributed by atoms with van der Waals surface area (Å²) in [6.45, 7) is 4.76. The van der Waals surface area contributed by atoms with Crippen molar-refractivity contribution in [3.05, 3.63) is 0 Å². The second kappa shape index (κ2) is 8.68. The highest BCUT2D eigenvalue weighted by atomic mass is 16.5. The molecule has 146 valence electrons. The third-order valence-corrected chi connectivity index (χ3v) is 5.38. The molecule has 3 heterocycles. The second-order valence-electron chi connectivity index (χ2n) is 6.92. The number of methoxy groups -OCH3 is 1. The lowest BCUT2D eigenvalue weighted by Gasteiger charge is -2.43. The summed E-state index contributed by atoms with van der Waals surface area (Å²) in [5, 5.41) is 3.25. The van der Waals surface area contributed by atoms with Gasteiger partial charge in [-0.25, -0.2) is 9.59 Å². The molecule has 9 nitrogen and oxygen atoms in total. The van der Waals surface area contributed by atoms with Crippen molar-refractivity contribution in [2.75, 3.05) is 66.1 Å². The van der Waals surface area contributed by atoms with Crippen molar-refractivity contribution in [2.24, 2.45) is 5.92 Å². The van der Waals surface area contributed by atoms with Crippen LogP contribution in [0.15, 0.2) is 0 Å². The van der Waals surface area contributed by atoms with E-state index in [0.29, 0.717) is 39.4 Å². The van der Waals surface area contributed by atoms with Gasteiger partial charge in [0.25, 0.3) is 0 Å². The van der Waals surface area contributed by atoms with Gasteiger partial charge in [-0.15, -0.1) is 0 Å². The topological polar surface area (TPSA) is 91.4 Å². The minimum atomic E-state index is -0.735. The zero-order chi connectivity index (χ0) is 18.5. The lowest BCUT2D eigenvalue weighted by molar-refractivity contribution is -0.157. The van der Waals surface area contributed by atoms with Crippen molar-refractivity contribution in [1.82, 2.24) is 20.0 Å². The summed E-state index contributed by atoms with van der Waals surface area (Å²) in [5.41, 5.74) is 0. The number of rotatable bonds is 2. The van der Waals surface area contributed by atoms with E-state index in [4.69, 9.17) is 9.47 Å². The van der Waals surface area contributed by atoms with Crippen LogP contribution in [0.1, 0.15) is 12.8 Å². The van der Waals surface area contributed by atoms with Crippen molar-refractivity contribution in [2.45, 2.75) is 18.9 Å². The smallest absolute Gasteiger partial charge is 0.330 e. The van der Waals surface area contributed by atoms with E-state index in [9.17, 15) is 14.4 Å². The van der Waals surface area contributed by atoms with Crippen LogP contribution in [0.4, 0.5) is 4.79 Å². The quantitative estimate of drug-likeness (QED) is 0.637. The van der Waals surface area contributed by atoms with Crippen molar-refractivity contribution in [3.63, 3.8) is 0 Å². The molecule has 0 radical (unpaired) electrons. The molecule has 0 aromatic heterocycles. The highest BCUT2D eigenvalue weighted by Gasteiger charge is 2.40. The van der Waals surface area contributed by atoms with E-state index in [1.165, 1.54) is 7.11 Å². The maximum absolute atomic E-state index is 12.9. The largest absolute Gasteiger partial charge is 0.467 e. The summed E-state index contributed by atoms with van der Waals surface area (Å²) >= 11 is 0. The third-order valence-electron chi connectivity index (χ3n) is 5.38. The SMILES string of the molecule is COC(=O)C1CN(C(=O)N2CCOCC2)CCN1C(=O)C1CCNCC1. The molecule has 1 unspecified atom stereocenters. The van der Waals surface area contributed by atoms with Crippen LogP contribution in [0.25, 0.3) is 0 Å². The van der Waals surface area contributed by atoms with Crippen LogP contribution in [-0.4, -0.2) is 105 Å². The van der Waals surface area contributed by atoms with Crippen LogP contribution < -0.4 is 5.32 Å². The fraction of sp³-hybridized carbons (Fsp3) is 0.824. The number of hydrogen-bond acceptors (Lipinski definition) is 6. The molecule has 3 saturated heterocycles. The van der Waals surface area contributed by atoms with E-state index in [-0.39, 0.29) is 24.4 Å². The number of carbonyl (C=O) groups is 3. The number of nitrogens with one attached hydrogen (secondary N) is 1. The lowest BCUT2D eigenvalue weighted by Crippen LogP contribution is -2.63. The lowest BCUT2D eigenvalue weighted by atomic mass is 9.95. The number of hydrogen-bond donors (Lipinski definition) is 1. The zero-order valence-electron chi connectivity index (χ0n) is 15.3. The first-order chi connectivity index (χ1) is 12.6. The molecule has 0 saturated carbocycles. The molecule has 1 N–H and O–H groups in total. The average molecular weight is 368 g/mol. The number of esters is 1. The molecule has 3 aliphatic rings. The molecule has 0 spiro atoms. The van der Waals surface area contributed by atoms with Crippen molar-refractivity contribution in [3.8, 4) is 0 Å². The summed E-state index contributed by atoms with van der Waals surface area (Å²) in [6.07, 6.45) is 1.55. The van der Waals surface area contributed by atoms with Crippen molar-refractivity contribution >= 4 is 17.9 Å². The number of morpholine rings is 1. The van der Waals surface area contributed by atoms with Gasteiger partial charge < -0.3 is 29.5 Å². The summed E-state index contributed by atoms with van der Waals surface area (Å²) in [7, 11) is 1.32. The van der Waals surface area contributed by atoms with E-state index >= 15 is 0 Å². The van der Waals surface area contributed by atoms with Gasteiger partial charge in [-0.2, -0.15) is 0 Å². The molecule has 0 aromatic carbocycles. The fourth-order valence-corrected chi connectivity index (χ4v) is 3.82. The van der Waals surface area contributed by atoms with E-state index in [2.05, 4.69) is 5.32 Å². The van der Waals surface area contributed by atoms with Crippen molar-refractivity contribution in [1.29, 1.82) is 0 Å². The summed E-state index contributed by atoms with van der Waals surface area (Å²) in [6, 6.07) is -0.836. The molecule has 3 fully saturated rings. The number of amides is 3. The van der Waals surface area contributed by atoms with E-state index in [1.807, 2.05) is 0 Å². The molecule has 9 heteroatoms. The maximum atomic E-state index is 12.9. The van der Waals surface area contributed by atoms with E-state index in [1.54, 1.807) is 14.7 Å². The molecule has 3 rings (SSSR count). The highest BCUT2D eigenvalue weighted by Crippen LogP contribution is 2.21. The van der Waals surface area contributed by atoms with E-state index in [0.717, 1.165) is 25.9 Å². The number of piperidine rings is 1. The summed E-state index contributed by atoms with van der Waals surface area (Å²) in [5.74, 6) is -0.531. The Kier molecular flexibility index (Phi) is 6.31. The van der Waals surface area contributed by atoms with Crippen LogP contribution in [0.5, 0.6) is 0 Å². The molecule has 26 heavy (non-hydrogen) atoms. The Balaban J connectivity index is 1.67. The number of urea groups is 1. The first-order valence-electron chi connectivity index (χ1n) is 9.32. The average Bonchev–Trinajstić information content (AvgIpc) is 2.73. The maximum Gasteiger partial charge on any atom is 0.330 e. The third kappa shape index (κ3) is 4.09. The number of carbonyl (C=O) groups excluding carboxylic acids is 3. The van der Waals surface area contributed by atoms with Crippen LogP contribution in [0, 0.1) is 5.92 Å². The van der Waals surface area contributed by atoms with Crippen LogP contribution in [-0.2, 0) is 19.1 Å². The molecule has 0 bridgehead atoms. The minimum Gasteiger partial charge on any atom is -0.467 e. The first-order valence-corrected chi connectivity index (χ1v) is 9.32. The Morgan fingerprint density at radius 3 is 2.35 bits per heavy atom. The molecule has 1 atom stereocenters. The van der Waals surface area contributed by atoms with Gasteiger partial charge in [-0.3, -0.25) is 4.79 Å². The summed E-state index contributed by atoms with van der Waals surface area (Å²) in [4.78, 5) is 43.0. The predicted molar refractivity (Wildman–Crippen MR) is 92.5 cm³/mol. The molecular formula is C17H28N4O5. The second-order valence-corrected chi connectivity index (χ2v) is 6.92. The number of nitrogens with zero attached hydrogens (tertiary/aromatic N) is 3. The predicted octanol–water partition coefficient (Wildman–Crippen LogP) is -0.876. The zero-order valence-corrected chi connectivity index (χ0v) is 15.3.